The highest BCUT2D eigenvalue weighted by atomic mass is 35.5. The van der Waals surface area contributed by atoms with E-state index in [1.54, 1.807) is 18.2 Å². The molecule has 104 valence electrons. The molecule has 19 heavy (non-hydrogen) atoms. The second-order valence-corrected chi connectivity index (χ2v) is 5.42. The third-order valence-electron chi connectivity index (χ3n) is 3.21. The van der Waals surface area contributed by atoms with Gasteiger partial charge in [0.2, 0.25) is 5.91 Å². The summed E-state index contributed by atoms with van der Waals surface area (Å²) in [5, 5.41) is 3.40. The number of carbonyl (C=O) groups is 1. The maximum Gasteiger partial charge on any atom is 0.238 e. The van der Waals surface area contributed by atoms with E-state index in [9.17, 15) is 4.79 Å². The number of amides is 1. The van der Waals surface area contributed by atoms with Gasteiger partial charge in [0.25, 0.3) is 0 Å². The molecule has 1 aromatic rings. The molecule has 2 rings (SSSR count). The van der Waals surface area contributed by atoms with E-state index in [2.05, 4.69) is 17.1 Å². The van der Waals surface area contributed by atoms with Crippen LogP contribution in [0.2, 0.25) is 5.02 Å². The van der Waals surface area contributed by atoms with E-state index in [4.69, 9.17) is 17.3 Å². The molecule has 0 atom stereocenters. The van der Waals surface area contributed by atoms with E-state index in [0.29, 0.717) is 29.0 Å². The smallest absolute Gasteiger partial charge is 0.238 e. The molecule has 1 aliphatic rings. The molecule has 1 aromatic carbocycles. The molecule has 0 spiro atoms. The first-order valence-corrected chi connectivity index (χ1v) is 7.07. The normalized spacial score (nSPS) is 14.7. The largest absolute Gasteiger partial charge is 0.397 e. The first-order chi connectivity index (χ1) is 9.10. The zero-order valence-corrected chi connectivity index (χ0v) is 11.9. The maximum absolute atomic E-state index is 12.0. The SMILES string of the molecule is CCCN(CC(=O)Nc1cc(Cl)ccc1N)C1CC1. The molecule has 1 saturated carbocycles. The van der Waals surface area contributed by atoms with Crippen LogP contribution in [0.4, 0.5) is 11.4 Å². The van der Waals surface area contributed by atoms with Crippen molar-refractivity contribution in [2.45, 2.75) is 32.2 Å². The first kappa shape index (κ1) is 14.2. The highest BCUT2D eigenvalue weighted by Crippen LogP contribution is 2.27. The standard InChI is InChI=1S/C14H20ClN3O/c1-2-7-18(11-4-5-11)9-14(19)17-13-8-10(15)3-6-12(13)16/h3,6,8,11H,2,4-5,7,9,16H2,1H3,(H,17,19). The maximum atomic E-state index is 12.0. The summed E-state index contributed by atoms with van der Waals surface area (Å²) in [7, 11) is 0. The number of nitrogens with one attached hydrogen (secondary N) is 1. The van der Waals surface area contributed by atoms with Gasteiger partial charge >= 0.3 is 0 Å². The minimum Gasteiger partial charge on any atom is -0.397 e. The van der Waals surface area contributed by atoms with Crippen molar-refractivity contribution in [2.24, 2.45) is 0 Å². The molecule has 5 heteroatoms. The van der Waals surface area contributed by atoms with E-state index in [0.717, 1.165) is 13.0 Å². The molecule has 0 radical (unpaired) electrons. The number of halogens is 1. The zero-order valence-electron chi connectivity index (χ0n) is 11.2. The number of hydrogen-bond acceptors (Lipinski definition) is 3. The molecule has 3 N–H and O–H groups in total. The van der Waals surface area contributed by atoms with Crippen molar-refractivity contribution in [3.63, 3.8) is 0 Å². The molecule has 1 fully saturated rings. The summed E-state index contributed by atoms with van der Waals surface area (Å²) in [5.41, 5.74) is 6.93. The van der Waals surface area contributed by atoms with Crippen LogP contribution in [0.5, 0.6) is 0 Å². The second-order valence-electron chi connectivity index (χ2n) is 4.98. The minimum absolute atomic E-state index is 0.0330. The van der Waals surface area contributed by atoms with Gasteiger partial charge in [-0.1, -0.05) is 18.5 Å². The third-order valence-corrected chi connectivity index (χ3v) is 3.45. The van der Waals surface area contributed by atoms with Gasteiger partial charge < -0.3 is 11.1 Å². The Morgan fingerprint density at radius 1 is 1.53 bits per heavy atom. The van der Waals surface area contributed by atoms with Crippen molar-refractivity contribution in [3.05, 3.63) is 23.2 Å². The van der Waals surface area contributed by atoms with Gasteiger partial charge in [-0.3, -0.25) is 9.69 Å². The Kier molecular flexibility index (Phi) is 4.66. The van der Waals surface area contributed by atoms with Gasteiger partial charge in [0, 0.05) is 11.1 Å². The van der Waals surface area contributed by atoms with E-state index in [1.165, 1.54) is 12.8 Å². The summed E-state index contributed by atoms with van der Waals surface area (Å²) in [4.78, 5) is 14.3. The van der Waals surface area contributed by atoms with E-state index >= 15 is 0 Å². The summed E-state index contributed by atoms with van der Waals surface area (Å²) < 4.78 is 0. The Morgan fingerprint density at radius 3 is 2.89 bits per heavy atom. The number of anilines is 2. The topological polar surface area (TPSA) is 58.4 Å². The summed E-state index contributed by atoms with van der Waals surface area (Å²) >= 11 is 5.90. The van der Waals surface area contributed by atoms with Gasteiger partial charge in [0.1, 0.15) is 0 Å². The van der Waals surface area contributed by atoms with Crippen molar-refractivity contribution in [1.29, 1.82) is 0 Å². The van der Waals surface area contributed by atoms with Crippen molar-refractivity contribution in [1.82, 2.24) is 4.90 Å². The third kappa shape index (κ3) is 4.11. The van der Waals surface area contributed by atoms with Crippen LogP contribution in [-0.4, -0.2) is 29.9 Å². The molecule has 0 bridgehead atoms. The molecule has 0 aliphatic heterocycles. The number of carbonyl (C=O) groups excluding carboxylic acids is 1. The monoisotopic (exact) mass is 281 g/mol. The summed E-state index contributed by atoms with van der Waals surface area (Å²) in [6, 6.07) is 5.67. The average molecular weight is 282 g/mol. The fourth-order valence-corrected chi connectivity index (χ4v) is 2.30. The molecule has 0 saturated heterocycles. The molecule has 0 aromatic heterocycles. The Balaban J connectivity index is 1.94. The number of nitrogen functional groups attached to an aromatic ring is 1. The van der Waals surface area contributed by atoms with Crippen molar-refractivity contribution >= 4 is 28.9 Å². The van der Waals surface area contributed by atoms with Crippen LogP contribution in [0.3, 0.4) is 0 Å². The van der Waals surface area contributed by atoms with Crippen LogP contribution >= 0.6 is 11.6 Å². The van der Waals surface area contributed by atoms with Crippen LogP contribution in [0.25, 0.3) is 0 Å². The molecule has 4 nitrogen and oxygen atoms in total. The molecular weight excluding hydrogens is 262 g/mol. The molecule has 0 unspecified atom stereocenters. The van der Waals surface area contributed by atoms with Gasteiger partial charge in [-0.15, -0.1) is 0 Å². The molecular formula is C14H20ClN3O. The van der Waals surface area contributed by atoms with Gasteiger partial charge in [-0.05, 0) is 44.0 Å². The average Bonchev–Trinajstić information content (AvgIpc) is 3.17. The first-order valence-electron chi connectivity index (χ1n) is 6.69. The highest BCUT2D eigenvalue weighted by Gasteiger charge is 2.29. The van der Waals surface area contributed by atoms with Gasteiger partial charge in [0.05, 0.1) is 17.9 Å². The number of benzene rings is 1. The minimum atomic E-state index is -0.0330. The summed E-state index contributed by atoms with van der Waals surface area (Å²) in [6.45, 7) is 3.51. The van der Waals surface area contributed by atoms with Crippen LogP contribution in [0.1, 0.15) is 26.2 Å². The second kappa shape index (κ2) is 6.26. The van der Waals surface area contributed by atoms with Crippen molar-refractivity contribution in [2.75, 3.05) is 24.1 Å². The predicted octanol–water partition coefficient (Wildman–Crippen LogP) is 2.74. The Hall–Kier alpha value is -1.26. The Bertz CT molecular complexity index is 460. The summed E-state index contributed by atoms with van der Waals surface area (Å²) in [6.07, 6.45) is 3.46. The van der Waals surface area contributed by atoms with E-state index in [-0.39, 0.29) is 5.91 Å². The van der Waals surface area contributed by atoms with Gasteiger partial charge in [0.15, 0.2) is 0 Å². The lowest BCUT2D eigenvalue weighted by Crippen LogP contribution is -2.35. The van der Waals surface area contributed by atoms with E-state index in [1.807, 2.05) is 0 Å². The van der Waals surface area contributed by atoms with Crippen LogP contribution in [-0.2, 0) is 4.79 Å². The molecule has 0 heterocycles. The number of nitrogens with two attached hydrogens (primary N) is 1. The van der Waals surface area contributed by atoms with Crippen molar-refractivity contribution < 1.29 is 4.79 Å². The number of nitrogens with zero attached hydrogens (tertiary/aromatic N) is 1. The zero-order chi connectivity index (χ0) is 13.8. The van der Waals surface area contributed by atoms with Crippen molar-refractivity contribution in [3.8, 4) is 0 Å². The predicted molar refractivity (Wildman–Crippen MR) is 79.4 cm³/mol. The van der Waals surface area contributed by atoms with Gasteiger partial charge in [-0.2, -0.15) is 0 Å². The van der Waals surface area contributed by atoms with E-state index < -0.39 is 0 Å². The van der Waals surface area contributed by atoms with Crippen LogP contribution < -0.4 is 11.1 Å². The lowest BCUT2D eigenvalue weighted by atomic mass is 10.2. The summed E-state index contributed by atoms with van der Waals surface area (Å²) in [5.74, 6) is -0.0330. The van der Waals surface area contributed by atoms with Crippen LogP contribution in [0, 0.1) is 0 Å². The van der Waals surface area contributed by atoms with Gasteiger partial charge in [-0.25, -0.2) is 0 Å². The van der Waals surface area contributed by atoms with Crippen LogP contribution in [0.15, 0.2) is 18.2 Å². The molecule has 1 aliphatic carbocycles. The lowest BCUT2D eigenvalue weighted by Gasteiger charge is -2.20. The molecule has 1 amide bonds. The lowest BCUT2D eigenvalue weighted by molar-refractivity contribution is -0.117. The fraction of sp³-hybridized carbons (Fsp3) is 0.500. The fourth-order valence-electron chi connectivity index (χ4n) is 2.13. The Morgan fingerprint density at radius 2 is 2.26 bits per heavy atom. The Labute approximate surface area is 118 Å². The highest BCUT2D eigenvalue weighted by molar-refractivity contribution is 6.31. The quantitative estimate of drug-likeness (QED) is 0.788. The number of hydrogen-bond donors (Lipinski definition) is 2. The number of rotatable bonds is 6.